The van der Waals surface area contributed by atoms with Crippen molar-refractivity contribution in [3.8, 4) is 0 Å². The number of fused-ring (bicyclic) bond motifs is 2. The van der Waals surface area contributed by atoms with E-state index in [2.05, 4.69) is 5.32 Å². The predicted octanol–water partition coefficient (Wildman–Crippen LogP) is 7.41. The van der Waals surface area contributed by atoms with Gasteiger partial charge in [0.05, 0.1) is 6.54 Å². The van der Waals surface area contributed by atoms with E-state index in [9.17, 15) is 14.4 Å². The molecule has 0 aliphatic rings. The summed E-state index contributed by atoms with van der Waals surface area (Å²) in [6, 6.07) is 43.0. The largest absolute Gasteiger partial charge is 0.348 e. The number of carbonyl (C=O) groups is 3. The smallest absolute Gasteiger partial charge is 0.261 e. The molecule has 0 aliphatic heterocycles. The highest BCUT2D eigenvalue weighted by atomic mass is 16.2. The molecule has 0 radical (unpaired) electrons. The van der Waals surface area contributed by atoms with Gasteiger partial charge >= 0.3 is 0 Å². The summed E-state index contributed by atoms with van der Waals surface area (Å²) in [5.74, 6) is -1.04. The van der Waals surface area contributed by atoms with E-state index in [-0.39, 0.29) is 18.4 Å². The summed E-state index contributed by atoms with van der Waals surface area (Å²) < 4.78 is 0. The molecule has 0 fully saturated rings. The maximum atomic E-state index is 14.3. The molecule has 0 atom stereocenters. The molecule has 0 bridgehead atoms. The Labute approximate surface area is 244 Å². The maximum absolute atomic E-state index is 14.3. The Balaban J connectivity index is 1.39. The fourth-order valence-electron chi connectivity index (χ4n) is 5.26. The van der Waals surface area contributed by atoms with Crippen molar-refractivity contribution >= 4 is 39.3 Å². The molecule has 6 rings (SSSR count). The predicted molar refractivity (Wildman–Crippen MR) is 166 cm³/mol. The van der Waals surface area contributed by atoms with Gasteiger partial charge in [0, 0.05) is 23.2 Å². The van der Waals surface area contributed by atoms with Crippen molar-refractivity contribution in [2.24, 2.45) is 0 Å². The van der Waals surface area contributed by atoms with Crippen molar-refractivity contribution in [1.29, 1.82) is 0 Å². The van der Waals surface area contributed by atoms with Crippen molar-refractivity contribution in [3.63, 3.8) is 0 Å². The zero-order chi connectivity index (χ0) is 28.9. The van der Waals surface area contributed by atoms with Crippen molar-refractivity contribution in [3.05, 3.63) is 167 Å². The van der Waals surface area contributed by atoms with Gasteiger partial charge in [-0.3, -0.25) is 19.3 Å². The van der Waals surface area contributed by atoms with Crippen LogP contribution in [0.15, 0.2) is 140 Å². The molecule has 5 heteroatoms. The van der Waals surface area contributed by atoms with Gasteiger partial charge in [-0.2, -0.15) is 0 Å². The summed E-state index contributed by atoms with van der Waals surface area (Å²) in [5, 5.41) is 5.94. The first-order valence-corrected chi connectivity index (χ1v) is 13.8. The fraction of sp³-hybridized carbons (Fsp3) is 0.0541. The van der Waals surface area contributed by atoms with E-state index >= 15 is 0 Å². The standard InChI is InChI=1S/C37H28N2O3/c40-35(38-24-26-12-3-1-4-13-26)32-22-23-34(31-20-10-9-19-30(31)32)37(42)39(25-27-14-5-2-6-15-27)36(41)33-21-11-17-28-16-7-8-18-29(28)33/h1-23H,24-25H2,(H,38,40). The third-order valence-corrected chi connectivity index (χ3v) is 7.39. The zero-order valence-electron chi connectivity index (χ0n) is 22.9. The lowest BCUT2D eigenvalue weighted by atomic mass is 9.97. The van der Waals surface area contributed by atoms with Gasteiger partial charge in [-0.25, -0.2) is 0 Å². The molecular formula is C37H28N2O3. The first-order chi connectivity index (χ1) is 20.6. The van der Waals surface area contributed by atoms with Crippen molar-refractivity contribution < 1.29 is 14.4 Å². The number of rotatable bonds is 7. The quantitative estimate of drug-likeness (QED) is 0.211. The molecule has 0 unspecified atom stereocenters. The van der Waals surface area contributed by atoms with Gasteiger partial charge in [0.15, 0.2) is 0 Å². The van der Waals surface area contributed by atoms with Gasteiger partial charge in [-0.15, -0.1) is 0 Å². The Hall–Kier alpha value is -5.55. The molecule has 42 heavy (non-hydrogen) atoms. The Kier molecular flexibility index (Phi) is 7.56. The van der Waals surface area contributed by atoms with Gasteiger partial charge in [0.2, 0.25) is 0 Å². The zero-order valence-corrected chi connectivity index (χ0v) is 22.9. The van der Waals surface area contributed by atoms with Gasteiger partial charge in [-0.1, -0.05) is 121 Å². The monoisotopic (exact) mass is 548 g/mol. The second-order valence-electron chi connectivity index (χ2n) is 10.1. The minimum atomic E-state index is -0.427. The highest BCUT2D eigenvalue weighted by molar-refractivity contribution is 6.20. The lowest BCUT2D eigenvalue weighted by Crippen LogP contribution is -2.36. The van der Waals surface area contributed by atoms with Crippen LogP contribution in [-0.4, -0.2) is 22.6 Å². The second-order valence-corrected chi connectivity index (χ2v) is 10.1. The molecule has 1 N–H and O–H groups in total. The molecule has 0 heterocycles. The lowest BCUT2D eigenvalue weighted by Gasteiger charge is -2.23. The van der Waals surface area contributed by atoms with E-state index in [1.165, 1.54) is 4.90 Å². The molecule has 204 valence electrons. The average molecular weight is 549 g/mol. The number of nitrogens with zero attached hydrogens (tertiary/aromatic N) is 1. The van der Waals surface area contributed by atoms with Gasteiger partial charge in [-0.05, 0) is 50.9 Å². The third-order valence-electron chi connectivity index (χ3n) is 7.39. The van der Waals surface area contributed by atoms with Gasteiger partial charge in [0.25, 0.3) is 17.7 Å². The first kappa shape index (κ1) is 26.7. The average Bonchev–Trinajstić information content (AvgIpc) is 3.05. The highest BCUT2D eigenvalue weighted by Gasteiger charge is 2.27. The molecule has 0 saturated heterocycles. The molecule has 0 spiro atoms. The Morgan fingerprint density at radius 1 is 0.476 bits per heavy atom. The summed E-state index contributed by atoms with van der Waals surface area (Å²) in [6.45, 7) is 0.494. The topological polar surface area (TPSA) is 66.5 Å². The Bertz CT molecular complexity index is 1910. The summed E-state index contributed by atoms with van der Waals surface area (Å²) >= 11 is 0. The van der Waals surface area contributed by atoms with Crippen molar-refractivity contribution in [1.82, 2.24) is 10.2 Å². The lowest BCUT2D eigenvalue weighted by molar-refractivity contribution is 0.0605. The van der Waals surface area contributed by atoms with Crippen LogP contribution in [-0.2, 0) is 13.1 Å². The summed E-state index contributed by atoms with van der Waals surface area (Å²) in [7, 11) is 0. The Morgan fingerprint density at radius 3 is 1.67 bits per heavy atom. The van der Waals surface area contributed by atoms with E-state index in [4.69, 9.17) is 0 Å². The van der Waals surface area contributed by atoms with Crippen LogP contribution in [0, 0.1) is 0 Å². The van der Waals surface area contributed by atoms with Crippen LogP contribution in [0.25, 0.3) is 21.5 Å². The van der Waals surface area contributed by atoms with E-state index in [1.54, 1.807) is 18.2 Å². The molecular weight excluding hydrogens is 520 g/mol. The number of carbonyl (C=O) groups excluding carboxylic acids is 3. The molecule has 3 amide bonds. The van der Waals surface area contributed by atoms with E-state index in [0.29, 0.717) is 34.0 Å². The minimum absolute atomic E-state index is 0.107. The van der Waals surface area contributed by atoms with Crippen LogP contribution >= 0.6 is 0 Å². The molecule has 5 nitrogen and oxygen atoms in total. The minimum Gasteiger partial charge on any atom is -0.348 e. The number of amides is 3. The Morgan fingerprint density at radius 2 is 0.976 bits per heavy atom. The second kappa shape index (κ2) is 11.9. The van der Waals surface area contributed by atoms with Gasteiger partial charge in [0.1, 0.15) is 0 Å². The molecule has 0 aliphatic carbocycles. The number of hydrogen-bond acceptors (Lipinski definition) is 3. The fourth-order valence-corrected chi connectivity index (χ4v) is 5.26. The summed E-state index contributed by atoms with van der Waals surface area (Å²) in [4.78, 5) is 43.0. The van der Waals surface area contributed by atoms with Gasteiger partial charge < -0.3 is 5.32 Å². The third kappa shape index (κ3) is 5.40. The number of benzene rings is 6. The van der Waals surface area contributed by atoms with Crippen LogP contribution in [0.3, 0.4) is 0 Å². The SMILES string of the molecule is O=C(NCc1ccccc1)c1ccc(C(=O)N(Cc2ccccc2)C(=O)c2cccc3ccccc23)c2ccccc12. The van der Waals surface area contributed by atoms with Crippen molar-refractivity contribution in [2.75, 3.05) is 0 Å². The summed E-state index contributed by atoms with van der Waals surface area (Å²) in [5.41, 5.74) is 3.10. The normalized spacial score (nSPS) is 10.9. The molecule has 6 aromatic rings. The first-order valence-electron chi connectivity index (χ1n) is 13.8. The van der Waals surface area contributed by atoms with E-state index in [1.807, 2.05) is 121 Å². The van der Waals surface area contributed by atoms with Crippen LogP contribution in [0.2, 0.25) is 0 Å². The van der Waals surface area contributed by atoms with Crippen LogP contribution < -0.4 is 5.32 Å². The van der Waals surface area contributed by atoms with E-state index in [0.717, 1.165) is 21.9 Å². The van der Waals surface area contributed by atoms with Crippen LogP contribution in [0.5, 0.6) is 0 Å². The molecule has 0 saturated carbocycles. The number of hydrogen-bond donors (Lipinski definition) is 1. The number of imide groups is 1. The number of nitrogens with one attached hydrogen (secondary N) is 1. The van der Waals surface area contributed by atoms with Crippen molar-refractivity contribution in [2.45, 2.75) is 13.1 Å². The molecule has 0 aromatic heterocycles. The molecule has 6 aromatic carbocycles. The summed E-state index contributed by atoms with van der Waals surface area (Å²) in [6.07, 6.45) is 0. The van der Waals surface area contributed by atoms with Crippen LogP contribution in [0.4, 0.5) is 0 Å². The maximum Gasteiger partial charge on any atom is 0.261 e. The van der Waals surface area contributed by atoms with E-state index < -0.39 is 5.91 Å². The van der Waals surface area contributed by atoms with Crippen LogP contribution in [0.1, 0.15) is 42.2 Å². The highest BCUT2D eigenvalue weighted by Crippen LogP contribution is 2.27.